The van der Waals surface area contributed by atoms with Gasteiger partial charge in [0.1, 0.15) is 5.69 Å². The van der Waals surface area contributed by atoms with Crippen molar-refractivity contribution in [1.82, 2.24) is 15.0 Å². The number of anilines is 1. The van der Waals surface area contributed by atoms with Crippen LogP contribution in [0.4, 0.5) is 15.9 Å². The van der Waals surface area contributed by atoms with Gasteiger partial charge in [-0.1, -0.05) is 6.07 Å². The number of halogens is 1. The summed E-state index contributed by atoms with van der Waals surface area (Å²) in [4.78, 5) is 21.8. The number of ether oxygens (including phenoxy) is 1. The normalized spacial score (nSPS) is 10.2. The van der Waals surface area contributed by atoms with Gasteiger partial charge in [0.25, 0.3) is 0 Å². The Morgan fingerprint density at radius 2 is 2.19 bits per heavy atom. The lowest BCUT2D eigenvalue weighted by molar-refractivity contribution is -0.385. The summed E-state index contributed by atoms with van der Waals surface area (Å²) in [5, 5.41) is 13.9. The van der Waals surface area contributed by atoms with Crippen LogP contribution < -0.4 is 10.1 Å². The fourth-order valence-corrected chi connectivity index (χ4v) is 1.67. The van der Waals surface area contributed by atoms with Gasteiger partial charge in [0.2, 0.25) is 11.8 Å². The predicted molar refractivity (Wildman–Crippen MR) is 71.5 cm³/mol. The van der Waals surface area contributed by atoms with Crippen LogP contribution >= 0.6 is 0 Å². The second-order valence-corrected chi connectivity index (χ2v) is 4.09. The van der Waals surface area contributed by atoms with E-state index in [1.807, 2.05) is 0 Å². The molecule has 0 bridgehead atoms. The number of nitro groups is 1. The van der Waals surface area contributed by atoms with E-state index in [1.165, 1.54) is 32.4 Å². The van der Waals surface area contributed by atoms with Crippen LogP contribution in [0.15, 0.2) is 18.3 Å². The molecule has 2 aromatic heterocycles. The predicted octanol–water partition coefficient (Wildman–Crippen LogP) is 1.85. The van der Waals surface area contributed by atoms with Crippen LogP contribution in [0, 0.1) is 23.0 Å². The van der Waals surface area contributed by atoms with E-state index in [4.69, 9.17) is 4.74 Å². The van der Waals surface area contributed by atoms with Crippen molar-refractivity contribution in [2.24, 2.45) is 0 Å². The number of aromatic nitrogens is 3. The monoisotopic (exact) mass is 293 g/mol. The number of aryl methyl sites for hydroxylation is 1. The first kappa shape index (κ1) is 14.6. The van der Waals surface area contributed by atoms with E-state index in [2.05, 4.69) is 20.3 Å². The van der Waals surface area contributed by atoms with Crippen molar-refractivity contribution in [1.29, 1.82) is 0 Å². The van der Waals surface area contributed by atoms with Gasteiger partial charge in [0, 0.05) is 12.7 Å². The van der Waals surface area contributed by atoms with Crippen LogP contribution in [-0.2, 0) is 6.54 Å². The lowest BCUT2D eigenvalue weighted by Crippen LogP contribution is -2.09. The molecule has 0 amide bonds. The van der Waals surface area contributed by atoms with Crippen molar-refractivity contribution in [3.05, 3.63) is 45.6 Å². The topological polar surface area (TPSA) is 103 Å². The fourth-order valence-electron chi connectivity index (χ4n) is 1.67. The molecule has 0 spiro atoms. The smallest absolute Gasteiger partial charge is 0.332 e. The van der Waals surface area contributed by atoms with Crippen LogP contribution in [0.5, 0.6) is 6.01 Å². The quantitative estimate of drug-likeness (QED) is 0.509. The van der Waals surface area contributed by atoms with Crippen molar-refractivity contribution in [3.63, 3.8) is 0 Å². The van der Waals surface area contributed by atoms with Gasteiger partial charge in [0.05, 0.1) is 12.0 Å². The Kier molecular flexibility index (Phi) is 4.21. The maximum absolute atomic E-state index is 12.7. The van der Waals surface area contributed by atoms with Gasteiger partial charge >= 0.3 is 11.7 Å². The first-order chi connectivity index (χ1) is 10.0. The minimum Gasteiger partial charge on any atom is -0.467 e. The van der Waals surface area contributed by atoms with Crippen LogP contribution in [-0.4, -0.2) is 27.0 Å². The molecule has 1 N–H and O–H groups in total. The van der Waals surface area contributed by atoms with Crippen molar-refractivity contribution in [2.45, 2.75) is 13.5 Å². The molecule has 0 saturated carbocycles. The first-order valence-electron chi connectivity index (χ1n) is 5.92. The number of pyridine rings is 1. The minimum absolute atomic E-state index is 0.0258. The number of nitrogens with zero attached hydrogens (tertiary/aromatic N) is 4. The van der Waals surface area contributed by atoms with Gasteiger partial charge in [-0.2, -0.15) is 14.4 Å². The van der Waals surface area contributed by atoms with E-state index in [1.54, 1.807) is 0 Å². The Balaban J connectivity index is 2.27. The molecule has 21 heavy (non-hydrogen) atoms. The van der Waals surface area contributed by atoms with Gasteiger partial charge in [-0.25, -0.2) is 4.98 Å². The molecule has 2 rings (SSSR count). The molecule has 9 heteroatoms. The molecule has 110 valence electrons. The molecule has 0 radical (unpaired) electrons. The molecule has 0 aliphatic carbocycles. The first-order valence-corrected chi connectivity index (χ1v) is 5.92. The van der Waals surface area contributed by atoms with Crippen LogP contribution in [0.2, 0.25) is 0 Å². The molecule has 0 unspecified atom stereocenters. The highest BCUT2D eigenvalue weighted by Crippen LogP contribution is 2.27. The van der Waals surface area contributed by atoms with E-state index >= 15 is 0 Å². The largest absolute Gasteiger partial charge is 0.467 e. The van der Waals surface area contributed by atoms with E-state index < -0.39 is 10.9 Å². The lowest BCUT2D eigenvalue weighted by Gasteiger charge is -2.08. The zero-order valence-electron chi connectivity index (χ0n) is 11.3. The highest BCUT2D eigenvalue weighted by molar-refractivity contribution is 5.59. The minimum atomic E-state index is -0.593. The molecule has 8 nitrogen and oxygen atoms in total. The van der Waals surface area contributed by atoms with Gasteiger partial charge in [-0.15, -0.1) is 0 Å². The maximum atomic E-state index is 12.7. The SMILES string of the molecule is COc1nc(C)c([N+](=O)[O-])c(NCc2ccc(F)nc2)n1. The van der Waals surface area contributed by atoms with Crippen molar-refractivity contribution in [3.8, 4) is 6.01 Å². The van der Waals surface area contributed by atoms with E-state index in [0.717, 1.165) is 0 Å². The van der Waals surface area contributed by atoms with Gasteiger partial charge in [0.15, 0.2) is 0 Å². The summed E-state index contributed by atoms with van der Waals surface area (Å²) < 4.78 is 17.6. The Morgan fingerprint density at radius 3 is 2.76 bits per heavy atom. The van der Waals surface area contributed by atoms with E-state index in [-0.39, 0.29) is 29.8 Å². The second-order valence-electron chi connectivity index (χ2n) is 4.09. The second kappa shape index (κ2) is 6.07. The molecular formula is C12H12FN5O3. The molecule has 0 fully saturated rings. The van der Waals surface area contributed by atoms with Gasteiger partial charge in [-0.3, -0.25) is 10.1 Å². The van der Waals surface area contributed by atoms with Crippen molar-refractivity contribution in [2.75, 3.05) is 12.4 Å². The summed E-state index contributed by atoms with van der Waals surface area (Å²) in [5.41, 5.74) is 0.610. The highest BCUT2D eigenvalue weighted by atomic mass is 19.1. The third-order valence-corrected chi connectivity index (χ3v) is 2.65. The summed E-state index contributed by atoms with van der Waals surface area (Å²) in [5.74, 6) is -0.557. The number of methoxy groups -OCH3 is 1. The summed E-state index contributed by atoms with van der Waals surface area (Å²) in [7, 11) is 1.37. The Labute approximate surface area is 119 Å². The number of hydrogen-bond donors (Lipinski definition) is 1. The number of hydrogen-bond acceptors (Lipinski definition) is 7. The molecule has 0 atom stereocenters. The molecule has 0 saturated heterocycles. The number of rotatable bonds is 5. The average molecular weight is 293 g/mol. The van der Waals surface area contributed by atoms with Crippen molar-refractivity contribution >= 4 is 11.5 Å². The average Bonchev–Trinajstić information content (AvgIpc) is 2.45. The fraction of sp³-hybridized carbons (Fsp3) is 0.250. The molecular weight excluding hydrogens is 281 g/mol. The summed E-state index contributed by atoms with van der Waals surface area (Å²) in [6, 6.07) is 2.75. The zero-order chi connectivity index (χ0) is 15.4. The lowest BCUT2D eigenvalue weighted by atomic mass is 10.3. The van der Waals surface area contributed by atoms with Crippen molar-refractivity contribution < 1.29 is 14.1 Å². The molecule has 2 heterocycles. The van der Waals surface area contributed by atoms with Gasteiger partial charge in [-0.05, 0) is 18.6 Å². The zero-order valence-corrected chi connectivity index (χ0v) is 11.3. The van der Waals surface area contributed by atoms with E-state index in [9.17, 15) is 14.5 Å². The maximum Gasteiger partial charge on any atom is 0.332 e. The Morgan fingerprint density at radius 1 is 1.43 bits per heavy atom. The van der Waals surface area contributed by atoms with E-state index in [0.29, 0.717) is 5.56 Å². The summed E-state index contributed by atoms with van der Waals surface area (Å²) >= 11 is 0. The molecule has 0 aliphatic rings. The summed E-state index contributed by atoms with van der Waals surface area (Å²) in [6.45, 7) is 1.70. The highest BCUT2D eigenvalue weighted by Gasteiger charge is 2.22. The van der Waals surface area contributed by atoms with Crippen LogP contribution in [0.3, 0.4) is 0 Å². The standard InChI is InChI=1S/C12H12FN5O3/c1-7-10(18(19)20)11(17-12(16-7)21-2)15-6-8-3-4-9(13)14-5-8/h3-5H,6H2,1-2H3,(H,15,16,17). The molecule has 0 aliphatic heterocycles. The third-order valence-electron chi connectivity index (χ3n) is 2.65. The van der Waals surface area contributed by atoms with Crippen LogP contribution in [0.1, 0.15) is 11.3 Å². The number of nitrogens with one attached hydrogen (secondary N) is 1. The summed E-state index contributed by atoms with van der Waals surface area (Å²) in [6.07, 6.45) is 1.33. The Bertz CT molecular complexity index is 663. The molecule has 0 aromatic carbocycles. The van der Waals surface area contributed by atoms with Crippen LogP contribution in [0.25, 0.3) is 0 Å². The molecule has 2 aromatic rings. The van der Waals surface area contributed by atoms with Gasteiger partial charge < -0.3 is 10.1 Å². The third kappa shape index (κ3) is 3.38. The Hall–Kier alpha value is -2.84.